The van der Waals surface area contributed by atoms with Crippen LogP contribution in [0.25, 0.3) is 28.2 Å². The number of nitrogens with zero attached hydrogens (tertiary/aromatic N) is 5. The first kappa shape index (κ1) is 14.6. The first-order valence-corrected chi connectivity index (χ1v) is 8.17. The summed E-state index contributed by atoms with van der Waals surface area (Å²) in [6.45, 7) is 2.77. The summed E-state index contributed by atoms with van der Waals surface area (Å²) in [7, 11) is 0. The van der Waals surface area contributed by atoms with Crippen molar-refractivity contribution in [2.24, 2.45) is 0 Å². The standard InChI is InChI=1S/C17H18N6O/c1-2-3-7-10-22-15-13(18-11-19-15)16-20-14(21-23(16)17(22)24)12-8-5-4-6-9-12/h4-6,8-9,11H,2-3,7,10H2,1H3,(H,18,19). The van der Waals surface area contributed by atoms with Gasteiger partial charge in [0.05, 0.1) is 6.33 Å². The van der Waals surface area contributed by atoms with Gasteiger partial charge in [0.2, 0.25) is 0 Å². The van der Waals surface area contributed by atoms with Gasteiger partial charge < -0.3 is 4.98 Å². The molecule has 0 atom stereocenters. The second kappa shape index (κ2) is 5.92. The van der Waals surface area contributed by atoms with Crippen LogP contribution >= 0.6 is 0 Å². The van der Waals surface area contributed by atoms with Crippen LogP contribution in [0, 0.1) is 0 Å². The number of aryl methyl sites for hydroxylation is 1. The van der Waals surface area contributed by atoms with Crippen molar-refractivity contribution in [3.63, 3.8) is 0 Å². The van der Waals surface area contributed by atoms with Crippen molar-refractivity contribution in [2.45, 2.75) is 32.7 Å². The molecule has 3 heterocycles. The van der Waals surface area contributed by atoms with Gasteiger partial charge >= 0.3 is 5.69 Å². The Hall–Kier alpha value is -2.96. The summed E-state index contributed by atoms with van der Waals surface area (Å²) in [6.07, 6.45) is 4.70. The van der Waals surface area contributed by atoms with Crippen LogP contribution in [0.4, 0.5) is 0 Å². The lowest BCUT2D eigenvalue weighted by Crippen LogP contribution is -2.28. The zero-order valence-corrected chi connectivity index (χ0v) is 13.4. The predicted molar refractivity (Wildman–Crippen MR) is 91.9 cm³/mol. The van der Waals surface area contributed by atoms with Gasteiger partial charge in [-0.05, 0) is 6.42 Å². The van der Waals surface area contributed by atoms with Crippen molar-refractivity contribution in [3.05, 3.63) is 47.1 Å². The van der Waals surface area contributed by atoms with Crippen molar-refractivity contribution in [1.82, 2.24) is 29.1 Å². The summed E-state index contributed by atoms with van der Waals surface area (Å²) in [6, 6.07) is 9.65. The summed E-state index contributed by atoms with van der Waals surface area (Å²) in [5.41, 5.74) is 2.57. The number of benzene rings is 1. The Kier molecular flexibility index (Phi) is 3.60. The quantitative estimate of drug-likeness (QED) is 0.573. The third kappa shape index (κ3) is 2.29. The largest absolute Gasteiger partial charge is 0.352 e. The van der Waals surface area contributed by atoms with E-state index in [1.54, 1.807) is 10.9 Å². The van der Waals surface area contributed by atoms with Crippen LogP contribution in [0.5, 0.6) is 0 Å². The first-order chi connectivity index (χ1) is 11.8. The summed E-state index contributed by atoms with van der Waals surface area (Å²) in [5.74, 6) is 0.537. The number of H-pyrrole nitrogens is 1. The third-order valence-electron chi connectivity index (χ3n) is 4.14. The van der Waals surface area contributed by atoms with Crippen LogP contribution in [-0.2, 0) is 6.54 Å². The van der Waals surface area contributed by atoms with Gasteiger partial charge in [-0.1, -0.05) is 50.1 Å². The number of nitrogens with one attached hydrogen (secondary N) is 1. The zero-order valence-electron chi connectivity index (χ0n) is 13.4. The van der Waals surface area contributed by atoms with E-state index < -0.39 is 0 Å². The fourth-order valence-corrected chi connectivity index (χ4v) is 2.90. The number of rotatable bonds is 5. The van der Waals surface area contributed by atoms with Crippen LogP contribution in [0.3, 0.4) is 0 Å². The fourth-order valence-electron chi connectivity index (χ4n) is 2.90. The van der Waals surface area contributed by atoms with E-state index in [1.165, 1.54) is 4.52 Å². The predicted octanol–water partition coefficient (Wildman–Crippen LogP) is 2.62. The molecule has 0 spiro atoms. The van der Waals surface area contributed by atoms with Crippen LogP contribution < -0.4 is 5.69 Å². The molecule has 0 fully saturated rings. The number of hydrogen-bond donors (Lipinski definition) is 1. The van der Waals surface area contributed by atoms with Crippen LogP contribution in [0.2, 0.25) is 0 Å². The normalized spacial score (nSPS) is 11.5. The molecule has 0 radical (unpaired) electrons. The van der Waals surface area contributed by atoms with Crippen molar-refractivity contribution >= 4 is 16.8 Å². The molecule has 7 nitrogen and oxygen atoms in total. The number of aromatic nitrogens is 6. The fraction of sp³-hybridized carbons (Fsp3) is 0.294. The molecule has 0 saturated heterocycles. The van der Waals surface area contributed by atoms with E-state index in [1.807, 2.05) is 30.3 Å². The highest BCUT2D eigenvalue weighted by Gasteiger charge is 2.17. The highest BCUT2D eigenvalue weighted by Crippen LogP contribution is 2.19. The summed E-state index contributed by atoms with van der Waals surface area (Å²) >= 11 is 0. The molecule has 24 heavy (non-hydrogen) atoms. The van der Waals surface area contributed by atoms with Gasteiger partial charge in [-0.25, -0.2) is 14.8 Å². The maximum atomic E-state index is 12.8. The maximum absolute atomic E-state index is 12.8. The molecule has 4 aromatic rings. The molecule has 0 saturated carbocycles. The lowest BCUT2D eigenvalue weighted by Gasteiger charge is -2.06. The van der Waals surface area contributed by atoms with Gasteiger partial charge in [0.1, 0.15) is 5.52 Å². The van der Waals surface area contributed by atoms with Crippen molar-refractivity contribution < 1.29 is 0 Å². The third-order valence-corrected chi connectivity index (χ3v) is 4.14. The molecule has 4 rings (SSSR count). The Morgan fingerprint density at radius 3 is 2.75 bits per heavy atom. The molecule has 3 aromatic heterocycles. The Morgan fingerprint density at radius 1 is 1.12 bits per heavy atom. The second-order valence-corrected chi connectivity index (χ2v) is 5.78. The second-order valence-electron chi connectivity index (χ2n) is 5.78. The van der Waals surface area contributed by atoms with Gasteiger partial charge in [-0.15, -0.1) is 5.10 Å². The smallest absolute Gasteiger partial charge is 0.340 e. The molecule has 0 unspecified atom stereocenters. The lowest BCUT2D eigenvalue weighted by atomic mass is 10.2. The van der Waals surface area contributed by atoms with Gasteiger partial charge in [0, 0.05) is 12.1 Å². The number of unbranched alkanes of at least 4 members (excludes halogenated alkanes) is 2. The van der Waals surface area contributed by atoms with E-state index in [4.69, 9.17) is 0 Å². The summed E-state index contributed by atoms with van der Waals surface area (Å²) in [5, 5.41) is 4.43. The average molecular weight is 322 g/mol. The van der Waals surface area contributed by atoms with E-state index >= 15 is 0 Å². The van der Waals surface area contributed by atoms with E-state index in [0.717, 1.165) is 30.3 Å². The highest BCUT2D eigenvalue weighted by atomic mass is 16.2. The topological polar surface area (TPSA) is 80.9 Å². The molecule has 0 amide bonds. The number of aromatic amines is 1. The van der Waals surface area contributed by atoms with Crippen LogP contribution in [0.15, 0.2) is 41.5 Å². The molecule has 122 valence electrons. The van der Waals surface area contributed by atoms with Gasteiger partial charge in [0.15, 0.2) is 17.1 Å². The Labute approximate surface area is 138 Å². The Bertz CT molecular complexity index is 1040. The van der Waals surface area contributed by atoms with Crippen molar-refractivity contribution in [3.8, 4) is 11.4 Å². The first-order valence-electron chi connectivity index (χ1n) is 8.17. The highest BCUT2D eigenvalue weighted by molar-refractivity contribution is 5.85. The SMILES string of the molecule is CCCCCn1c(=O)n2nc(-c3ccccc3)nc2c2[nH]cnc21. The summed E-state index contributed by atoms with van der Waals surface area (Å²) < 4.78 is 3.05. The Balaban J connectivity index is 1.93. The molecule has 1 N–H and O–H groups in total. The Morgan fingerprint density at radius 2 is 1.96 bits per heavy atom. The molecule has 7 heteroatoms. The van der Waals surface area contributed by atoms with E-state index in [9.17, 15) is 4.79 Å². The molecule has 0 aliphatic heterocycles. The number of imidazole rings is 1. The molecular weight excluding hydrogens is 304 g/mol. The van der Waals surface area contributed by atoms with Crippen LogP contribution in [-0.4, -0.2) is 29.1 Å². The van der Waals surface area contributed by atoms with Gasteiger partial charge in [-0.2, -0.15) is 4.52 Å². The zero-order chi connectivity index (χ0) is 16.5. The molecule has 0 aliphatic carbocycles. The van der Waals surface area contributed by atoms with Crippen LogP contribution in [0.1, 0.15) is 26.2 Å². The average Bonchev–Trinajstić information content (AvgIpc) is 3.25. The van der Waals surface area contributed by atoms with E-state index in [2.05, 4.69) is 27.0 Å². The molecular formula is C17H18N6O. The molecule has 0 bridgehead atoms. The maximum Gasteiger partial charge on any atom is 0.352 e. The van der Waals surface area contributed by atoms with Gasteiger partial charge in [-0.3, -0.25) is 4.57 Å². The number of hydrogen-bond acceptors (Lipinski definition) is 4. The monoisotopic (exact) mass is 322 g/mol. The van der Waals surface area contributed by atoms with E-state index in [-0.39, 0.29) is 5.69 Å². The summed E-state index contributed by atoms with van der Waals surface area (Å²) in [4.78, 5) is 24.8. The van der Waals surface area contributed by atoms with Crippen molar-refractivity contribution in [1.29, 1.82) is 0 Å². The molecule has 0 aliphatic rings. The van der Waals surface area contributed by atoms with E-state index in [0.29, 0.717) is 23.7 Å². The minimum Gasteiger partial charge on any atom is -0.340 e. The minimum atomic E-state index is -0.199. The lowest BCUT2D eigenvalue weighted by molar-refractivity contribution is 0.579. The van der Waals surface area contributed by atoms with Gasteiger partial charge in [0.25, 0.3) is 0 Å². The van der Waals surface area contributed by atoms with Crippen molar-refractivity contribution in [2.75, 3.05) is 0 Å². The minimum absolute atomic E-state index is 0.199. The number of fused-ring (bicyclic) bond motifs is 3. The molecule has 1 aromatic carbocycles.